The van der Waals surface area contributed by atoms with Crippen LogP contribution in [-0.4, -0.2) is 52.1 Å². The van der Waals surface area contributed by atoms with E-state index in [2.05, 4.69) is 5.16 Å². The van der Waals surface area contributed by atoms with Gasteiger partial charge in [-0.1, -0.05) is 5.16 Å². The minimum Gasteiger partial charge on any atom is -0.477 e. The molecular formula is C12H18N2O5. The van der Waals surface area contributed by atoms with E-state index in [0.29, 0.717) is 19.5 Å². The van der Waals surface area contributed by atoms with E-state index < -0.39 is 23.3 Å². The highest BCUT2D eigenvalue weighted by Crippen LogP contribution is 2.34. The molecular weight excluding hydrogens is 252 g/mol. The number of carboxylic acids is 1. The average Bonchev–Trinajstić information content (AvgIpc) is 2.85. The van der Waals surface area contributed by atoms with Gasteiger partial charge in [-0.3, -0.25) is 0 Å². The molecule has 1 saturated heterocycles. The Balaban J connectivity index is 1.95. The summed E-state index contributed by atoms with van der Waals surface area (Å²) >= 11 is 0. The number of hydrogen-bond donors (Lipinski definition) is 1. The van der Waals surface area contributed by atoms with Crippen LogP contribution in [0.3, 0.4) is 0 Å². The molecule has 0 aromatic rings. The van der Waals surface area contributed by atoms with Crippen molar-refractivity contribution < 1.29 is 24.3 Å². The Morgan fingerprint density at radius 1 is 1.47 bits per heavy atom. The van der Waals surface area contributed by atoms with Crippen molar-refractivity contribution in [2.45, 2.75) is 44.8 Å². The van der Waals surface area contributed by atoms with Crippen LogP contribution in [0.1, 0.15) is 33.6 Å². The predicted molar refractivity (Wildman–Crippen MR) is 65.9 cm³/mol. The van der Waals surface area contributed by atoms with Crippen molar-refractivity contribution >= 4 is 17.8 Å². The van der Waals surface area contributed by atoms with Gasteiger partial charge in [0.1, 0.15) is 5.60 Å². The van der Waals surface area contributed by atoms with Gasteiger partial charge < -0.3 is 19.6 Å². The molecule has 19 heavy (non-hydrogen) atoms. The van der Waals surface area contributed by atoms with Crippen molar-refractivity contribution in [2.24, 2.45) is 5.16 Å². The van der Waals surface area contributed by atoms with E-state index in [-0.39, 0.29) is 12.1 Å². The van der Waals surface area contributed by atoms with Crippen molar-refractivity contribution in [1.29, 1.82) is 0 Å². The maximum absolute atomic E-state index is 11.9. The van der Waals surface area contributed by atoms with E-state index in [1.54, 1.807) is 20.8 Å². The third-order valence-corrected chi connectivity index (χ3v) is 3.05. The van der Waals surface area contributed by atoms with Crippen molar-refractivity contribution in [3.05, 3.63) is 0 Å². The van der Waals surface area contributed by atoms with Crippen LogP contribution in [0.15, 0.2) is 5.16 Å². The second kappa shape index (κ2) is 4.40. The Morgan fingerprint density at radius 2 is 2.16 bits per heavy atom. The molecule has 2 heterocycles. The summed E-state index contributed by atoms with van der Waals surface area (Å²) in [5, 5.41) is 12.4. The van der Waals surface area contributed by atoms with Crippen LogP contribution < -0.4 is 0 Å². The number of hydrogen-bond acceptors (Lipinski definition) is 5. The van der Waals surface area contributed by atoms with Crippen molar-refractivity contribution in [2.75, 3.05) is 13.1 Å². The van der Waals surface area contributed by atoms with Crippen LogP contribution in [0.25, 0.3) is 0 Å². The molecule has 0 radical (unpaired) electrons. The zero-order chi connectivity index (χ0) is 14.3. The van der Waals surface area contributed by atoms with Gasteiger partial charge in [0.15, 0.2) is 11.3 Å². The molecule has 0 bridgehead atoms. The van der Waals surface area contributed by atoms with E-state index in [9.17, 15) is 9.59 Å². The van der Waals surface area contributed by atoms with Gasteiger partial charge in [-0.05, 0) is 20.8 Å². The number of carboxylic acid groups (broad SMARTS) is 1. The molecule has 0 aliphatic carbocycles. The molecule has 7 nitrogen and oxygen atoms in total. The van der Waals surface area contributed by atoms with Crippen LogP contribution in [0, 0.1) is 0 Å². The van der Waals surface area contributed by atoms with E-state index in [0.717, 1.165) is 0 Å². The summed E-state index contributed by atoms with van der Waals surface area (Å²) in [4.78, 5) is 29.5. The van der Waals surface area contributed by atoms with Gasteiger partial charge in [0.05, 0.1) is 6.54 Å². The fraction of sp³-hybridized carbons (Fsp3) is 0.750. The number of aliphatic carboxylic acids is 1. The summed E-state index contributed by atoms with van der Waals surface area (Å²) in [5.41, 5.74) is -1.23. The third-order valence-electron chi connectivity index (χ3n) is 3.05. The Morgan fingerprint density at radius 3 is 2.68 bits per heavy atom. The third kappa shape index (κ3) is 2.97. The maximum atomic E-state index is 11.9. The average molecular weight is 270 g/mol. The number of rotatable bonds is 1. The minimum atomic E-state index is -1.08. The zero-order valence-electron chi connectivity index (χ0n) is 11.3. The van der Waals surface area contributed by atoms with Gasteiger partial charge in [0.2, 0.25) is 0 Å². The second-order valence-electron chi connectivity index (χ2n) is 5.95. The smallest absolute Gasteiger partial charge is 0.410 e. The summed E-state index contributed by atoms with van der Waals surface area (Å²) < 4.78 is 5.28. The molecule has 7 heteroatoms. The number of amides is 1. The Labute approximate surface area is 111 Å². The zero-order valence-corrected chi connectivity index (χ0v) is 11.3. The molecule has 0 unspecified atom stereocenters. The van der Waals surface area contributed by atoms with Gasteiger partial charge in [-0.25, -0.2) is 9.59 Å². The van der Waals surface area contributed by atoms with E-state index in [1.165, 1.54) is 4.90 Å². The van der Waals surface area contributed by atoms with Gasteiger partial charge in [0.25, 0.3) is 0 Å². The summed E-state index contributed by atoms with van der Waals surface area (Å²) in [5.74, 6) is -1.08. The van der Waals surface area contributed by atoms with Gasteiger partial charge in [-0.2, -0.15) is 0 Å². The van der Waals surface area contributed by atoms with Gasteiger partial charge in [0, 0.05) is 19.4 Å². The predicted octanol–water partition coefficient (Wildman–Crippen LogP) is 1.23. The first-order valence-corrected chi connectivity index (χ1v) is 6.17. The lowest BCUT2D eigenvalue weighted by Gasteiger charge is -2.25. The summed E-state index contributed by atoms with van der Waals surface area (Å²) in [6.07, 6.45) is 0.380. The van der Waals surface area contributed by atoms with Gasteiger partial charge in [-0.15, -0.1) is 0 Å². The molecule has 2 rings (SSSR count). The van der Waals surface area contributed by atoms with E-state index in [1.807, 2.05) is 0 Å². The molecule has 1 N–H and O–H groups in total. The number of likely N-dealkylation sites (tertiary alicyclic amines) is 1. The van der Waals surface area contributed by atoms with Crippen LogP contribution in [-0.2, 0) is 14.4 Å². The summed E-state index contributed by atoms with van der Waals surface area (Å²) in [6.45, 7) is 6.19. The normalized spacial score (nSPS) is 26.3. The maximum Gasteiger partial charge on any atom is 0.410 e. The lowest BCUT2D eigenvalue weighted by molar-refractivity contribution is -0.129. The van der Waals surface area contributed by atoms with Crippen LogP contribution in [0.5, 0.6) is 0 Å². The Hall–Kier alpha value is -1.79. The number of carbonyl (C=O) groups excluding carboxylic acids is 1. The number of nitrogens with zero attached hydrogens (tertiary/aromatic N) is 2. The fourth-order valence-corrected chi connectivity index (χ4v) is 2.18. The number of ether oxygens (including phenoxy) is 1. The monoisotopic (exact) mass is 270 g/mol. The molecule has 0 aromatic heterocycles. The van der Waals surface area contributed by atoms with Crippen LogP contribution >= 0.6 is 0 Å². The second-order valence-corrected chi connectivity index (χ2v) is 5.95. The SMILES string of the molecule is CC(C)(C)OC(=O)N1CC[C@]2(CC(C(=O)O)=NO2)C1. The van der Waals surface area contributed by atoms with Crippen molar-refractivity contribution in [1.82, 2.24) is 4.90 Å². The first-order valence-electron chi connectivity index (χ1n) is 6.17. The van der Waals surface area contributed by atoms with Gasteiger partial charge >= 0.3 is 12.1 Å². The lowest BCUT2D eigenvalue weighted by Crippen LogP contribution is -2.39. The molecule has 0 saturated carbocycles. The summed E-state index contributed by atoms with van der Waals surface area (Å²) in [7, 11) is 0. The lowest BCUT2D eigenvalue weighted by atomic mass is 9.97. The first-order chi connectivity index (χ1) is 8.71. The number of carbonyl (C=O) groups is 2. The molecule has 106 valence electrons. The van der Waals surface area contributed by atoms with Crippen molar-refractivity contribution in [3.8, 4) is 0 Å². The highest BCUT2D eigenvalue weighted by Gasteiger charge is 2.48. The fourth-order valence-electron chi connectivity index (χ4n) is 2.18. The molecule has 2 aliphatic heterocycles. The Bertz CT molecular complexity index is 440. The first kappa shape index (κ1) is 13.6. The van der Waals surface area contributed by atoms with E-state index >= 15 is 0 Å². The molecule has 1 amide bonds. The largest absolute Gasteiger partial charge is 0.477 e. The molecule has 1 spiro atoms. The highest BCUT2D eigenvalue weighted by molar-refractivity contribution is 6.36. The molecule has 1 atom stereocenters. The standard InChI is InChI=1S/C12H18N2O5/c1-11(2,3)18-10(17)14-5-4-12(7-14)6-8(9(15)16)13-19-12/h4-7H2,1-3H3,(H,15,16)/t12-/m0/s1. The quantitative estimate of drug-likeness (QED) is 0.774. The highest BCUT2D eigenvalue weighted by atomic mass is 16.7. The van der Waals surface area contributed by atoms with Crippen LogP contribution in [0.4, 0.5) is 4.79 Å². The Kier molecular flexibility index (Phi) is 3.15. The summed E-state index contributed by atoms with van der Waals surface area (Å²) in [6, 6.07) is 0. The topological polar surface area (TPSA) is 88.4 Å². The minimum absolute atomic E-state index is 0.00559. The molecule has 1 fully saturated rings. The van der Waals surface area contributed by atoms with Crippen LogP contribution in [0.2, 0.25) is 0 Å². The number of oxime groups is 1. The molecule has 0 aromatic carbocycles. The van der Waals surface area contributed by atoms with E-state index in [4.69, 9.17) is 14.7 Å². The molecule has 2 aliphatic rings. The van der Waals surface area contributed by atoms with Crippen molar-refractivity contribution in [3.63, 3.8) is 0 Å².